The van der Waals surface area contributed by atoms with Crippen LogP contribution >= 0.6 is 0 Å². The summed E-state index contributed by atoms with van der Waals surface area (Å²) in [7, 11) is 2.11. The van der Waals surface area contributed by atoms with Gasteiger partial charge in [-0.25, -0.2) is 4.98 Å². The molecule has 0 amide bonds. The molecule has 0 aliphatic heterocycles. The maximum absolute atomic E-state index is 5.87. The largest absolute Gasteiger partial charge is 0.399 e. The molecule has 0 atom stereocenters. The van der Waals surface area contributed by atoms with E-state index in [0.29, 0.717) is 5.92 Å². The maximum atomic E-state index is 5.87. The van der Waals surface area contributed by atoms with E-state index < -0.39 is 0 Å². The molecule has 4 rings (SSSR count). The number of hydrogen-bond acceptors (Lipinski definition) is 2. The molecular weight excluding hydrogens is 246 g/mol. The zero-order valence-electron chi connectivity index (χ0n) is 11.5. The standard InChI is InChI=1S/C17H17N3/c1-20-16-8-7-13(12-3-2-4-14(18)9-12)10-15(16)19-17(20)11-5-6-11/h2-4,7-11H,5-6,18H2,1H3. The number of hydrogen-bond donors (Lipinski definition) is 1. The first-order valence-electron chi connectivity index (χ1n) is 7.04. The third-order valence-electron chi connectivity index (χ3n) is 4.08. The van der Waals surface area contributed by atoms with Crippen LogP contribution in [0.4, 0.5) is 5.69 Å². The Morgan fingerprint density at radius 3 is 2.65 bits per heavy atom. The first kappa shape index (κ1) is 11.5. The summed E-state index contributed by atoms with van der Waals surface area (Å²) in [5.74, 6) is 1.90. The predicted octanol–water partition coefficient (Wildman–Crippen LogP) is 3.70. The minimum Gasteiger partial charge on any atom is -0.399 e. The SMILES string of the molecule is Cn1c(C2CC2)nc2cc(-c3cccc(N)c3)ccc21. The van der Waals surface area contributed by atoms with Crippen LogP contribution in [0, 0.1) is 0 Å². The highest BCUT2D eigenvalue weighted by atomic mass is 15.1. The highest BCUT2D eigenvalue weighted by molar-refractivity contribution is 5.83. The van der Waals surface area contributed by atoms with Gasteiger partial charge in [-0.1, -0.05) is 18.2 Å². The third-order valence-corrected chi connectivity index (χ3v) is 4.08. The summed E-state index contributed by atoms with van der Waals surface area (Å²) in [6, 6.07) is 14.5. The number of benzene rings is 2. The number of anilines is 1. The van der Waals surface area contributed by atoms with Gasteiger partial charge in [0.05, 0.1) is 11.0 Å². The number of rotatable bonds is 2. The minimum absolute atomic E-state index is 0.670. The van der Waals surface area contributed by atoms with E-state index in [1.807, 2.05) is 18.2 Å². The van der Waals surface area contributed by atoms with Crippen molar-refractivity contribution in [3.05, 3.63) is 48.3 Å². The summed E-state index contributed by atoms with van der Waals surface area (Å²) in [5, 5.41) is 0. The van der Waals surface area contributed by atoms with Gasteiger partial charge in [0.2, 0.25) is 0 Å². The van der Waals surface area contributed by atoms with Crippen molar-refractivity contribution in [2.75, 3.05) is 5.73 Å². The topological polar surface area (TPSA) is 43.8 Å². The molecule has 0 spiro atoms. The summed E-state index contributed by atoms with van der Waals surface area (Å²) < 4.78 is 2.23. The lowest BCUT2D eigenvalue weighted by atomic mass is 10.0. The van der Waals surface area contributed by atoms with Gasteiger partial charge in [-0.15, -0.1) is 0 Å². The molecule has 100 valence electrons. The van der Waals surface area contributed by atoms with Crippen LogP contribution in [0.25, 0.3) is 22.2 Å². The molecule has 3 nitrogen and oxygen atoms in total. The average molecular weight is 263 g/mol. The molecule has 1 aromatic heterocycles. The molecule has 2 aromatic carbocycles. The monoisotopic (exact) mass is 263 g/mol. The first-order chi connectivity index (χ1) is 9.72. The first-order valence-corrected chi connectivity index (χ1v) is 7.04. The molecule has 0 bridgehead atoms. The van der Waals surface area contributed by atoms with Crippen LogP contribution in [0.2, 0.25) is 0 Å². The van der Waals surface area contributed by atoms with Gasteiger partial charge in [0.25, 0.3) is 0 Å². The lowest BCUT2D eigenvalue weighted by Gasteiger charge is -2.03. The fourth-order valence-corrected chi connectivity index (χ4v) is 2.82. The van der Waals surface area contributed by atoms with E-state index in [1.54, 1.807) is 0 Å². The van der Waals surface area contributed by atoms with Crippen LogP contribution in [0.3, 0.4) is 0 Å². The molecule has 3 heteroatoms. The van der Waals surface area contributed by atoms with Crippen molar-refractivity contribution in [2.24, 2.45) is 7.05 Å². The number of nitrogens with two attached hydrogens (primary N) is 1. The Bertz CT molecular complexity index is 797. The van der Waals surface area contributed by atoms with E-state index in [0.717, 1.165) is 16.8 Å². The van der Waals surface area contributed by atoms with Crippen molar-refractivity contribution in [1.82, 2.24) is 9.55 Å². The Balaban J connectivity index is 1.86. The summed E-state index contributed by atoms with van der Waals surface area (Å²) in [6.07, 6.45) is 2.55. The van der Waals surface area contributed by atoms with Crippen LogP contribution in [0.1, 0.15) is 24.6 Å². The van der Waals surface area contributed by atoms with Crippen LogP contribution in [0.5, 0.6) is 0 Å². The molecular formula is C17H17N3. The van der Waals surface area contributed by atoms with Crippen molar-refractivity contribution in [1.29, 1.82) is 0 Å². The molecule has 1 saturated carbocycles. The highest BCUT2D eigenvalue weighted by Crippen LogP contribution is 2.40. The molecule has 1 heterocycles. The van der Waals surface area contributed by atoms with E-state index in [4.69, 9.17) is 10.7 Å². The van der Waals surface area contributed by atoms with Crippen molar-refractivity contribution in [3.8, 4) is 11.1 Å². The fourth-order valence-electron chi connectivity index (χ4n) is 2.82. The normalized spacial score (nSPS) is 14.8. The van der Waals surface area contributed by atoms with Gasteiger partial charge in [-0.3, -0.25) is 0 Å². The van der Waals surface area contributed by atoms with Gasteiger partial charge >= 0.3 is 0 Å². The Labute approximate surface area is 118 Å². The maximum Gasteiger partial charge on any atom is 0.112 e. The van der Waals surface area contributed by atoms with Gasteiger partial charge in [0.15, 0.2) is 0 Å². The smallest absolute Gasteiger partial charge is 0.112 e. The van der Waals surface area contributed by atoms with Crippen molar-refractivity contribution in [2.45, 2.75) is 18.8 Å². The molecule has 2 N–H and O–H groups in total. The van der Waals surface area contributed by atoms with E-state index in [9.17, 15) is 0 Å². The molecule has 1 aliphatic carbocycles. The van der Waals surface area contributed by atoms with Gasteiger partial charge in [0.1, 0.15) is 5.82 Å². The highest BCUT2D eigenvalue weighted by Gasteiger charge is 2.28. The molecule has 20 heavy (non-hydrogen) atoms. The quantitative estimate of drug-likeness (QED) is 0.716. The summed E-state index contributed by atoms with van der Waals surface area (Å²) in [5.41, 5.74) is 11.3. The molecule has 1 fully saturated rings. The van der Waals surface area contributed by atoms with Crippen LogP contribution in [-0.4, -0.2) is 9.55 Å². The third kappa shape index (κ3) is 1.78. The number of fused-ring (bicyclic) bond motifs is 1. The molecule has 0 unspecified atom stereocenters. The van der Waals surface area contributed by atoms with E-state index in [1.165, 1.54) is 29.7 Å². The number of aryl methyl sites for hydroxylation is 1. The summed E-state index contributed by atoms with van der Waals surface area (Å²) >= 11 is 0. The second-order valence-electron chi connectivity index (χ2n) is 5.63. The van der Waals surface area contributed by atoms with Crippen molar-refractivity contribution in [3.63, 3.8) is 0 Å². The zero-order valence-corrected chi connectivity index (χ0v) is 11.5. The van der Waals surface area contributed by atoms with E-state index in [2.05, 4.69) is 35.9 Å². The molecule has 3 aromatic rings. The molecule has 0 radical (unpaired) electrons. The second-order valence-corrected chi connectivity index (χ2v) is 5.63. The Morgan fingerprint density at radius 2 is 1.90 bits per heavy atom. The number of nitrogens with zero attached hydrogens (tertiary/aromatic N) is 2. The molecule has 1 aliphatic rings. The Morgan fingerprint density at radius 1 is 1.10 bits per heavy atom. The average Bonchev–Trinajstić information content (AvgIpc) is 3.24. The van der Waals surface area contributed by atoms with Crippen LogP contribution in [0.15, 0.2) is 42.5 Å². The van der Waals surface area contributed by atoms with Gasteiger partial charge < -0.3 is 10.3 Å². The summed E-state index contributed by atoms with van der Waals surface area (Å²) in [6.45, 7) is 0. The predicted molar refractivity (Wildman–Crippen MR) is 82.5 cm³/mol. The zero-order chi connectivity index (χ0) is 13.7. The van der Waals surface area contributed by atoms with Crippen molar-refractivity contribution >= 4 is 16.7 Å². The Kier molecular flexibility index (Phi) is 2.36. The van der Waals surface area contributed by atoms with E-state index in [-0.39, 0.29) is 0 Å². The molecule has 0 saturated heterocycles. The van der Waals surface area contributed by atoms with Crippen LogP contribution in [-0.2, 0) is 7.05 Å². The summed E-state index contributed by atoms with van der Waals surface area (Å²) in [4.78, 5) is 4.81. The number of aromatic nitrogens is 2. The lowest BCUT2D eigenvalue weighted by molar-refractivity contribution is 0.820. The number of imidazole rings is 1. The van der Waals surface area contributed by atoms with Crippen molar-refractivity contribution < 1.29 is 0 Å². The van der Waals surface area contributed by atoms with Crippen LogP contribution < -0.4 is 5.73 Å². The van der Waals surface area contributed by atoms with Gasteiger partial charge in [-0.2, -0.15) is 0 Å². The fraction of sp³-hybridized carbons (Fsp3) is 0.235. The number of nitrogen functional groups attached to an aromatic ring is 1. The van der Waals surface area contributed by atoms with Gasteiger partial charge in [0, 0.05) is 18.7 Å². The Hall–Kier alpha value is -2.29. The van der Waals surface area contributed by atoms with Gasteiger partial charge in [-0.05, 0) is 48.2 Å². The van der Waals surface area contributed by atoms with E-state index >= 15 is 0 Å². The lowest BCUT2D eigenvalue weighted by Crippen LogP contribution is -1.94. The minimum atomic E-state index is 0.670. The second kappa shape index (κ2) is 4.10.